The lowest BCUT2D eigenvalue weighted by Crippen LogP contribution is -2.37. The lowest BCUT2D eigenvalue weighted by atomic mass is 10.2. The van der Waals surface area contributed by atoms with Crippen molar-refractivity contribution in [2.24, 2.45) is 0 Å². The molecule has 0 bridgehead atoms. The summed E-state index contributed by atoms with van der Waals surface area (Å²) in [5.41, 5.74) is 0. The van der Waals surface area contributed by atoms with Crippen molar-refractivity contribution in [3.8, 4) is 0 Å². The fourth-order valence-corrected chi connectivity index (χ4v) is 1.45. The topological polar surface area (TPSA) is 71.0 Å². The average molecular weight is 249 g/mol. The molecule has 0 saturated carbocycles. The maximum atomic E-state index is 9.66. The molecule has 0 heterocycles. The normalized spacial score (nSPS) is 16.8. The zero-order valence-electron chi connectivity index (χ0n) is 11.2. The Morgan fingerprint density at radius 1 is 1.24 bits per heavy atom. The van der Waals surface area contributed by atoms with Gasteiger partial charge in [-0.05, 0) is 26.7 Å². The van der Waals surface area contributed by atoms with Gasteiger partial charge in [0.1, 0.15) is 0 Å². The largest absolute Gasteiger partial charge is 0.396 e. The molecule has 104 valence electrons. The van der Waals surface area contributed by atoms with Gasteiger partial charge < -0.3 is 25.0 Å². The van der Waals surface area contributed by atoms with E-state index < -0.39 is 6.10 Å². The zero-order chi connectivity index (χ0) is 13.1. The quantitative estimate of drug-likeness (QED) is 0.486. The molecule has 0 spiro atoms. The van der Waals surface area contributed by atoms with Crippen molar-refractivity contribution in [3.63, 3.8) is 0 Å². The average Bonchev–Trinajstić information content (AvgIpc) is 2.31. The molecule has 5 nitrogen and oxygen atoms in total. The first kappa shape index (κ1) is 16.8. The summed E-state index contributed by atoms with van der Waals surface area (Å²) in [6.45, 7) is 5.51. The third-order valence-corrected chi connectivity index (χ3v) is 2.47. The highest BCUT2D eigenvalue weighted by atomic mass is 16.5. The maximum Gasteiger partial charge on any atom is 0.0897 e. The number of methoxy groups -OCH3 is 1. The molecule has 0 radical (unpaired) electrons. The number of hydrogen-bond acceptors (Lipinski definition) is 5. The first-order valence-electron chi connectivity index (χ1n) is 6.23. The Hall–Kier alpha value is -0.200. The molecule has 0 aliphatic heterocycles. The smallest absolute Gasteiger partial charge is 0.0897 e. The van der Waals surface area contributed by atoms with E-state index in [1.54, 1.807) is 7.11 Å². The van der Waals surface area contributed by atoms with Gasteiger partial charge in [-0.2, -0.15) is 0 Å². The summed E-state index contributed by atoms with van der Waals surface area (Å²) >= 11 is 0. The molecule has 5 heteroatoms. The fourth-order valence-electron chi connectivity index (χ4n) is 1.45. The van der Waals surface area contributed by atoms with Crippen LogP contribution < -0.4 is 5.32 Å². The molecule has 0 aliphatic carbocycles. The van der Waals surface area contributed by atoms with Gasteiger partial charge in [0.25, 0.3) is 0 Å². The predicted octanol–water partition coefficient (Wildman–Crippen LogP) is 0.149. The second kappa shape index (κ2) is 10.9. The summed E-state index contributed by atoms with van der Waals surface area (Å²) in [5.74, 6) is 0. The standard InChI is InChI=1S/C12H27NO4/c1-10(5-4-6-14)13-7-12(15)9-17-11(2)8-16-3/h10-15H,4-9H2,1-3H3. The molecule has 0 aliphatic rings. The number of rotatable bonds is 11. The van der Waals surface area contributed by atoms with Crippen molar-refractivity contribution in [3.05, 3.63) is 0 Å². The highest BCUT2D eigenvalue weighted by molar-refractivity contribution is 4.65. The summed E-state index contributed by atoms with van der Waals surface area (Å²) < 4.78 is 10.3. The van der Waals surface area contributed by atoms with Crippen LogP contribution in [0, 0.1) is 0 Å². The van der Waals surface area contributed by atoms with E-state index in [1.165, 1.54) is 0 Å². The van der Waals surface area contributed by atoms with E-state index in [0.29, 0.717) is 25.8 Å². The van der Waals surface area contributed by atoms with Crippen LogP contribution in [0.4, 0.5) is 0 Å². The molecule has 3 unspecified atom stereocenters. The van der Waals surface area contributed by atoms with Crippen molar-refractivity contribution in [1.29, 1.82) is 0 Å². The second-order valence-corrected chi connectivity index (χ2v) is 4.43. The highest BCUT2D eigenvalue weighted by Crippen LogP contribution is 1.97. The minimum atomic E-state index is -0.508. The van der Waals surface area contributed by atoms with E-state index in [9.17, 15) is 5.11 Å². The molecule has 3 N–H and O–H groups in total. The van der Waals surface area contributed by atoms with Crippen molar-refractivity contribution in [2.75, 3.05) is 33.5 Å². The Kier molecular flexibility index (Phi) is 10.8. The van der Waals surface area contributed by atoms with Crippen LogP contribution in [-0.2, 0) is 9.47 Å². The molecule has 0 fully saturated rings. The van der Waals surface area contributed by atoms with Crippen molar-refractivity contribution in [1.82, 2.24) is 5.32 Å². The summed E-state index contributed by atoms with van der Waals surface area (Å²) in [7, 11) is 1.63. The molecule has 0 aromatic heterocycles. The first-order valence-corrected chi connectivity index (χ1v) is 6.23. The van der Waals surface area contributed by atoms with E-state index in [4.69, 9.17) is 14.6 Å². The van der Waals surface area contributed by atoms with Gasteiger partial charge in [0.15, 0.2) is 0 Å². The number of aliphatic hydroxyl groups excluding tert-OH is 2. The lowest BCUT2D eigenvalue weighted by Gasteiger charge is -2.19. The van der Waals surface area contributed by atoms with Crippen LogP contribution >= 0.6 is 0 Å². The summed E-state index contributed by atoms with van der Waals surface area (Å²) in [5, 5.41) is 21.5. The molecule has 0 rings (SSSR count). The monoisotopic (exact) mass is 249 g/mol. The number of ether oxygens (including phenoxy) is 2. The SMILES string of the molecule is COCC(C)OCC(O)CNC(C)CCCO. The molecular formula is C12H27NO4. The van der Waals surface area contributed by atoms with Gasteiger partial charge in [0.2, 0.25) is 0 Å². The van der Waals surface area contributed by atoms with Crippen LogP contribution in [-0.4, -0.2) is 61.9 Å². The summed E-state index contributed by atoms with van der Waals surface area (Å²) in [6, 6.07) is 0.299. The molecule has 3 atom stereocenters. The molecule has 0 amide bonds. The van der Waals surface area contributed by atoms with Crippen LogP contribution in [0.5, 0.6) is 0 Å². The zero-order valence-corrected chi connectivity index (χ0v) is 11.2. The van der Waals surface area contributed by atoms with Crippen LogP contribution in [0.15, 0.2) is 0 Å². The fraction of sp³-hybridized carbons (Fsp3) is 1.00. The van der Waals surface area contributed by atoms with E-state index in [-0.39, 0.29) is 12.7 Å². The Bertz CT molecular complexity index is 169. The third kappa shape index (κ3) is 10.7. The van der Waals surface area contributed by atoms with Crippen LogP contribution in [0.25, 0.3) is 0 Å². The lowest BCUT2D eigenvalue weighted by molar-refractivity contribution is -0.0315. The number of aliphatic hydroxyl groups is 2. The van der Waals surface area contributed by atoms with Crippen molar-refractivity contribution < 1.29 is 19.7 Å². The van der Waals surface area contributed by atoms with Gasteiger partial charge in [0.05, 0.1) is 25.4 Å². The molecule has 0 saturated heterocycles. The van der Waals surface area contributed by atoms with Crippen molar-refractivity contribution in [2.45, 2.75) is 44.9 Å². The Labute approximate surface area is 104 Å². The Morgan fingerprint density at radius 3 is 2.53 bits per heavy atom. The van der Waals surface area contributed by atoms with Crippen LogP contribution in [0.3, 0.4) is 0 Å². The second-order valence-electron chi connectivity index (χ2n) is 4.43. The minimum absolute atomic E-state index is 0.00135. The Balaban J connectivity index is 3.48. The van der Waals surface area contributed by atoms with Crippen LogP contribution in [0.2, 0.25) is 0 Å². The van der Waals surface area contributed by atoms with Gasteiger partial charge >= 0.3 is 0 Å². The molecule has 17 heavy (non-hydrogen) atoms. The molecule has 0 aromatic carbocycles. The Morgan fingerprint density at radius 2 is 1.94 bits per heavy atom. The van der Waals surface area contributed by atoms with Crippen molar-refractivity contribution >= 4 is 0 Å². The molecular weight excluding hydrogens is 222 g/mol. The molecule has 0 aromatic rings. The number of hydrogen-bond donors (Lipinski definition) is 3. The van der Waals surface area contributed by atoms with E-state index >= 15 is 0 Å². The van der Waals surface area contributed by atoms with Gasteiger partial charge in [-0.15, -0.1) is 0 Å². The van der Waals surface area contributed by atoms with Crippen LogP contribution in [0.1, 0.15) is 26.7 Å². The van der Waals surface area contributed by atoms with E-state index in [2.05, 4.69) is 5.32 Å². The van der Waals surface area contributed by atoms with E-state index in [0.717, 1.165) is 12.8 Å². The number of nitrogens with one attached hydrogen (secondary N) is 1. The predicted molar refractivity (Wildman–Crippen MR) is 67.1 cm³/mol. The minimum Gasteiger partial charge on any atom is -0.396 e. The third-order valence-electron chi connectivity index (χ3n) is 2.47. The van der Waals surface area contributed by atoms with Gasteiger partial charge in [-0.1, -0.05) is 0 Å². The van der Waals surface area contributed by atoms with Gasteiger partial charge in [-0.25, -0.2) is 0 Å². The van der Waals surface area contributed by atoms with E-state index in [1.807, 2.05) is 13.8 Å². The maximum absolute atomic E-state index is 9.66. The summed E-state index contributed by atoms with van der Waals surface area (Å²) in [4.78, 5) is 0. The van der Waals surface area contributed by atoms with Gasteiger partial charge in [-0.3, -0.25) is 0 Å². The summed E-state index contributed by atoms with van der Waals surface area (Å²) in [6.07, 6.45) is 1.18. The highest BCUT2D eigenvalue weighted by Gasteiger charge is 2.09. The van der Waals surface area contributed by atoms with Gasteiger partial charge in [0, 0.05) is 26.3 Å². The first-order chi connectivity index (χ1) is 8.10.